The molecular formula is C24H26N2O6. The Kier molecular flexibility index (Phi) is 7.49. The number of anilines is 1. The van der Waals surface area contributed by atoms with Gasteiger partial charge in [-0.05, 0) is 32.0 Å². The maximum Gasteiger partial charge on any atom is 0.308 e. The Morgan fingerprint density at radius 1 is 1.00 bits per heavy atom. The van der Waals surface area contributed by atoms with Crippen molar-refractivity contribution >= 4 is 29.2 Å². The van der Waals surface area contributed by atoms with Gasteiger partial charge in [0.05, 0.1) is 19.6 Å². The number of hydrogen-bond acceptors (Lipinski definition) is 6. The molecule has 0 saturated carbocycles. The number of rotatable bonds is 10. The standard InChI is InChI=1S/C24H26N2O6/c1-4-30-20-11-10-17(14-21(20)31-5-2)25-22(27)15-32-23(28)12-13-26-16(3)18-8-6-7-9-19(18)24(26)29/h6-11,14H,3-5,12-13,15H2,1-2H3,(H,25,27). The number of esters is 1. The minimum absolute atomic E-state index is 0.0520. The maximum atomic E-state index is 12.5. The summed E-state index contributed by atoms with van der Waals surface area (Å²) in [6, 6.07) is 12.2. The van der Waals surface area contributed by atoms with Crippen LogP contribution in [-0.4, -0.2) is 49.0 Å². The third-order valence-corrected chi connectivity index (χ3v) is 4.77. The second kappa shape index (κ2) is 10.5. The first-order valence-corrected chi connectivity index (χ1v) is 10.4. The Hall–Kier alpha value is -3.81. The molecule has 1 N–H and O–H groups in total. The Morgan fingerprint density at radius 3 is 2.38 bits per heavy atom. The van der Waals surface area contributed by atoms with Gasteiger partial charge in [0, 0.05) is 35.1 Å². The molecule has 0 radical (unpaired) electrons. The van der Waals surface area contributed by atoms with Crippen LogP contribution in [0.3, 0.4) is 0 Å². The molecule has 0 aromatic heterocycles. The lowest BCUT2D eigenvalue weighted by Crippen LogP contribution is -2.27. The summed E-state index contributed by atoms with van der Waals surface area (Å²) in [5.41, 5.74) is 2.37. The van der Waals surface area contributed by atoms with Gasteiger partial charge in [-0.25, -0.2) is 0 Å². The number of ether oxygens (including phenoxy) is 3. The van der Waals surface area contributed by atoms with Gasteiger partial charge in [0.25, 0.3) is 11.8 Å². The van der Waals surface area contributed by atoms with Gasteiger partial charge in [-0.15, -0.1) is 0 Å². The first kappa shape index (κ1) is 22.9. The van der Waals surface area contributed by atoms with Gasteiger partial charge in [-0.1, -0.05) is 24.8 Å². The molecule has 1 aliphatic rings. The summed E-state index contributed by atoms with van der Waals surface area (Å²) < 4.78 is 16.1. The summed E-state index contributed by atoms with van der Waals surface area (Å²) in [7, 11) is 0. The Bertz CT molecular complexity index is 998. The van der Waals surface area contributed by atoms with E-state index in [2.05, 4.69) is 11.9 Å². The molecule has 2 aromatic rings. The first-order chi connectivity index (χ1) is 15.4. The summed E-state index contributed by atoms with van der Waals surface area (Å²) in [5.74, 6) is -0.172. The van der Waals surface area contributed by atoms with Crippen molar-refractivity contribution in [2.45, 2.75) is 20.3 Å². The number of nitrogens with one attached hydrogen (secondary N) is 1. The van der Waals surface area contributed by atoms with Crippen LogP contribution < -0.4 is 14.8 Å². The summed E-state index contributed by atoms with van der Waals surface area (Å²) in [6.45, 7) is 8.28. The maximum absolute atomic E-state index is 12.5. The average molecular weight is 438 g/mol. The van der Waals surface area contributed by atoms with E-state index < -0.39 is 18.5 Å². The fraction of sp³-hybridized carbons (Fsp3) is 0.292. The number of fused-ring (bicyclic) bond motifs is 1. The van der Waals surface area contributed by atoms with E-state index in [0.29, 0.717) is 41.7 Å². The van der Waals surface area contributed by atoms with Crippen LogP contribution in [0.1, 0.15) is 36.2 Å². The Labute approximate surface area is 186 Å². The van der Waals surface area contributed by atoms with E-state index in [1.54, 1.807) is 30.3 Å². The minimum Gasteiger partial charge on any atom is -0.490 e. The number of amides is 2. The SMILES string of the molecule is C=C1c2ccccc2C(=O)N1CCC(=O)OCC(=O)Nc1ccc(OCC)c(OCC)c1. The van der Waals surface area contributed by atoms with Crippen LogP contribution in [0.25, 0.3) is 5.70 Å². The summed E-state index contributed by atoms with van der Waals surface area (Å²) in [6.07, 6.45) is -0.0520. The van der Waals surface area contributed by atoms with E-state index in [4.69, 9.17) is 14.2 Å². The molecule has 32 heavy (non-hydrogen) atoms. The smallest absolute Gasteiger partial charge is 0.308 e. The van der Waals surface area contributed by atoms with Crippen LogP contribution in [0.2, 0.25) is 0 Å². The van der Waals surface area contributed by atoms with Crippen LogP contribution in [0.5, 0.6) is 11.5 Å². The van der Waals surface area contributed by atoms with Gasteiger partial charge in [0.1, 0.15) is 0 Å². The lowest BCUT2D eigenvalue weighted by atomic mass is 10.1. The number of hydrogen-bond donors (Lipinski definition) is 1. The summed E-state index contributed by atoms with van der Waals surface area (Å²) >= 11 is 0. The molecular weight excluding hydrogens is 412 g/mol. The molecule has 0 saturated heterocycles. The van der Waals surface area contributed by atoms with E-state index in [0.717, 1.165) is 5.56 Å². The molecule has 0 bridgehead atoms. The van der Waals surface area contributed by atoms with E-state index in [1.807, 2.05) is 26.0 Å². The van der Waals surface area contributed by atoms with Crippen LogP contribution in [0.4, 0.5) is 5.69 Å². The monoisotopic (exact) mass is 438 g/mol. The Balaban J connectivity index is 1.47. The molecule has 0 spiro atoms. The van der Waals surface area contributed by atoms with Crippen LogP contribution >= 0.6 is 0 Å². The van der Waals surface area contributed by atoms with Crippen LogP contribution in [0.15, 0.2) is 49.0 Å². The van der Waals surface area contributed by atoms with Crippen molar-refractivity contribution < 1.29 is 28.6 Å². The lowest BCUT2D eigenvalue weighted by Gasteiger charge is -2.16. The third kappa shape index (κ3) is 5.26. The minimum atomic E-state index is -0.585. The molecule has 0 fully saturated rings. The predicted molar refractivity (Wildman–Crippen MR) is 119 cm³/mol. The topological polar surface area (TPSA) is 94.2 Å². The summed E-state index contributed by atoms with van der Waals surface area (Å²) in [5, 5.41) is 2.66. The predicted octanol–water partition coefficient (Wildman–Crippen LogP) is 3.48. The molecule has 168 valence electrons. The zero-order valence-corrected chi connectivity index (χ0v) is 18.2. The molecule has 3 rings (SSSR count). The van der Waals surface area contributed by atoms with Crippen molar-refractivity contribution in [2.24, 2.45) is 0 Å². The lowest BCUT2D eigenvalue weighted by molar-refractivity contribution is -0.147. The second-order valence-corrected chi connectivity index (χ2v) is 6.94. The van der Waals surface area contributed by atoms with Gasteiger partial charge in [0.2, 0.25) is 0 Å². The van der Waals surface area contributed by atoms with E-state index in [9.17, 15) is 14.4 Å². The van der Waals surface area contributed by atoms with Crippen LogP contribution in [0, 0.1) is 0 Å². The first-order valence-electron chi connectivity index (χ1n) is 10.4. The number of carbonyl (C=O) groups excluding carboxylic acids is 3. The molecule has 8 nitrogen and oxygen atoms in total. The van der Waals surface area contributed by atoms with Crippen LogP contribution in [-0.2, 0) is 14.3 Å². The highest BCUT2D eigenvalue weighted by Gasteiger charge is 2.30. The summed E-state index contributed by atoms with van der Waals surface area (Å²) in [4.78, 5) is 38.2. The molecule has 2 amide bonds. The highest BCUT2D eigenvalue weighted by atomic mass is 16.5. The molecule has 2 aromatic carbocycles. The molecule has 0 atom stereocenters. The Morgan fingerprint density at radius 2 is 1.69 bits per heavy atom. The largest absolute Gasteiger partial charge is 0.490 e. The zero-order chi connectivity index (χ0) is 23.1. The van der Waals surface area contributed by atoms with Gasteiger partial charge in [-0.3, -0.25) is 14.4 Å². The number of nitrogens with zero attached hydrogens (tertiary/aromatic N) is 1. The average Bonchev–Trinajstić information content (AvgIpc) is 3.03. The normalized spacial score (nSPS) is 12.4. The van der Waals surface area contributed by atoms with Crippen molar-refractivity contribution in [1.82, 2.24) is 4.90 Å². The van der Waals surface area contributed by atoms with Crippen molar-refractivity contribution in [2.75, 3.05) is 31.7 Å². The van der Waals surface area contributed by atoms with Gasteiger partial charge in [-0.2, -0.15) is 0 Å². The molecule has 1 aliphatic heterocycles. The number of benzene rings is 2. The van der Waals surface area contributed by atoms with E-state index >= 15 is 0 Å². The fourth-order valence-electron chi connectivity index (χ4n) is 3.32. The fourth-order valence-corrected chi connectivity index (χ4v) is 3.32. The van der Waals surface area contributed by atoms with E-state index in [1.165, 1.54) is 4.90 Å². The second-order valence-electron chi connectivity index (χ2n) is 6.94. The molecule has 0 unspecified atom stereocenters. The van der Waals surface area contributed by atoms with Crippen molar-refractivity contribution in [3.05, 3.63) is 60.2 Å². The number of carbonyl (C=O) groups is 3. The van der Waals surface area contributed by atoms with Gasteiger partial charge >= 0.3 is 5.97 Å². The molecule has 8 heteroatoms. The third-order valence-electron chi connectivity index (χ3n) is 4.77. The van der Waals surface area contributed by atoms with E-state index in [-0.39, 0.29) is 18.9 Å². The highest BCUT2D eigenvalue weighted by Crippen LogP contribution is 2.31. The van der Waals surface area contributed by atoms with Crippen molar-refractivity contribution in [3.8, 4) is 11.5 Å². The highest BCUT2D eigenvalue weighted by molar-refractivity contribution is 6.08. The van der Waals surface area contributed by atoms with Gasteiger partial charge < -0.3 is 24.4 Å². The van der Waals surface area contributed by atoms with Gasteiger partial charge in [0.15, 0.2) is 18.1 Å². The quantitative estimate of drug-likeness (QED) is 0.571. The van der Waals surface area contributed by atoms with Crippen molar-refractivity contribution in [1.29, 1.82) is 0 Å². The zero-order valence-electron chi connectivity index (χ0n) is 18.2. The molecule has 1 heterocycles. The van der Waals surface area contributed by atoms with Crippen molar-refractivity contribution in [3.63, 3.8) is 0 Å². The molecule has 0 aliphatic carbocycles.